The summed E-state index contributed by atoms with van der Waals surface area (Å²) in [5.74, 6) is 0.353. The lowest BCUT2D eigenvalue weighted by Gasteiger charge is -2.09. The van der Waals surface area contributed by atoms with E-state index in [0.717, 1.165) is 5.69 Å². The molecule has 0 radical (unpaired) electrons. The van der Waals surface area contributed by atoms with Crippen LogP contribution in [0.5, 0.6) is 0 Å². The van der Waals surface area contributed by atoms with Gasteiger partial charge in [-0.2, -0.15) is 0 Å². The average molecular weight is 383 g/mol. The molecule has 0 saturated heterocycles. The molecule has 9 heteroatoms. The maximum atomic E-state index is 12.4. The number of sulfonamides is 1. The Kier molecular flexibility index (Phi) is 5.32. The van der Waals surface area contributed by atoms with Gasteiger partial charge in [-0.25, -0.2) is 8.42 Å². The van der Waals surface area contributed by atoms with Crippen LogP contribution in [0.4, 0.5) is 23.0 Å². The van der Waals surface area contributed by atoms with Gasteiger partial charge >= 0.3 is 0 Å². The van der Waals surface area contributed by atoms with E-state index in [1.165, 1.54) is 37.3 Å². The van der Waals surface area contributed by atoms with E-state index in [1.807, 2.05) is 30.3 Å². The van der Waals surface area contributed by atoms with Crippen molar-refractivity contribution in [1.82, 2.24) is 10.2 Å². The molecule has 1 amide bonds. The molecule has 0 aliphatic carbocycles. The lowest BCUT2D eigenvalue weighted by Crippen LogP contribution is -2.14. The van der Waals surface area contributed by atoms with Gasteiger partial charge in [-0.15, -0.1) is 10.2 Å². The lowest BCUT2D eigenvalue weighted by atomic mass is 10.3. The fourth-order valence-corrected chi connectivity index (χ4v) is 3.24. The number of benzene rings is 2. The van der Waals surface area contributed by atoms with Crippen LogP contribution in [0.15, 0.2) is 71.6 Å². The molecule has 8 nitrogen and oxygen atoms in total. The smallest absolute Gasteiger partial charge is 0.263 e. The molecule has 0 unspecified atom stereocenters. The predicted octanol–water partition coefficient (Wildman–Crippen LogP) is 2.98. The van der Waals surface area contributed by atoms with Crippen molar-refractivity contribution >= 4 is 38.9 Å². The molecule has 0 fully saturated rings. The SMILES string of the molecule is CC(=O)Nc1ccc(S(=O)(=O)Nc2ccc(Nc3ccccc3)nn2)cc1. The van der Waals surface area contributed by atoms with E-state index in [0.29, 0.717) is 11.5 Å². The molecule has 138 valence electrons. The van der Waals surface area contributed by atoms with Crippen LogP contribution in [-0.4, -0.2) is 24.5 Å². The maximum absolute atomic E-state index is 12.4. The van der Waals surface area contributed by atoms with Crippen molar-refractivity contribution in [3.05, 3.63) is 66.7 Å². The van der Waals surface area contributed by atoms with E-state index >= 15 is 0 Å². The van der Waals surface area contributed by atoms with Gasteiger partial charge in [-0.05, 0) is 48.5 Å². The number of nitrogens with zero attached hydrogens (tertiary/aromatic N) is 2. The van der Waals surface area contributed by atoms with Gasteiger partial charge in [0, 0.05) is 18.3 Å². The quantitative estimate of drug-likeness (QED) is 0.603. The zero-order chi connectivity index (χ0) is 19.3. The molecule has 27 heavy (non-hydrogen) atoms. The second-order valence-electron chi connectivity index (χ2n) is 5.61. The van der Waals surface area contributed by atoms with Crippen molar-refractivity contribution in [3.8, 4) is 0 Å². The highest BCUT2D eigenvalue weighted by Gasteiger charge is 2.15. The van der Waals surface area contributed by atoms with E-state index in [1.54, 1.807) is 6.07 Å². The molecule has 0 bridgehead atoms. The van der Waals surface area contributed by atoms with E-state index in [4.69, 9.17) is 0 Å². The summed E-state index contributed by atoms with van der Waals surface area (Å²) in [5, 5.41) is 13.5. The van der Waals surface area contributed by atoms with Gasteiger partial charge < -0.3 is 10.6 Å². The van der Waals surface area contributed by atoms with Gasteiger partial charge in [0.1, 0.15) is 0 Å². The normalized spacial score (nSPS) is 10.9. The molecule has 1 heterocycles. The second-order valence-corrected chi connectivity index (χ2v) is 7.29. The first kappa shape index (κ1) is 18.3. The first-order valence-electron chi connectivity index (χ1n) is 7.99. The molecule has 0 atom stereocenters. The molecule has 3 rings (SSSR count). The van der Waals surface area contributed by atoms with Gasteiger partial charge in [-0.1, -0.05) is 18.2 Å². The van der Waals surface area contributed by atoms with Crippen LogP contribution >= 0.6 is 0 Å². The lowest BCUT2D eigenvalue weighted by molar-refractivity contribution is -0.114. The van der Waals surface area contributed by atoms with Crippen LogP contribution in [0, 0.1) is 0 Å². The third-order valence-electron chi connectivity index (χ3n) is 3.43. The number of carbonyl (C=O) groups excluding carboxylic acids is 1. The number of hydrogen-bond acceptors (Lipinski definition) is 6. The summed E-state index contributed by atoms with van der Waals surface area (Å²) in [6, 6.07) is 18.4. The van der Waals surface area contributed by atoms with Crippen LogP contribution in [0.3, 0.4) is 0 Å². The first-order valence-corrected chi connectivity index (χ1v) is 9.47. The van der Waals surface area contributed by atoms with Crippen LogP contribution < -0.4 is 15.4 Å². The molecule has 0 aliphatic heterocycles. The van der Waals surface area contributed by atoms with E-state index in [-0.39, 0.29) is 16.6 Å². The molecule has 0 saturated carbocycles. The van der Waals surface area contributed by atoms with Gasteiger partial charge in [0.2, 0.25) is 5.91 Å². The zero-order valence-corrected chi connectivity index (χ0v) is 15.2. The first-order chi connectivity index (χ1) is 12.9. The third-order valence-corrected chi connectivity index (χ3v) is 4.81. The van der Waals surface area contributed by atoms with Crippen LogP contribution in [0.1, 0.15) is 6.92 Å². The Labute approximate surface area is 156 Å². The van der Waals surface area contributed by atoms with Gasteiger partial charge in [-0.3, -0.25) is 9.52 Å². The largest absolute Gasteiger partial charge is 0.339 e. The zero-order valence-electron chi connectivity index (χ0n) is 14.4. The summed E-state index contributed by atoms with van der Waals surface area (Å²) >= 11 is 0. The highest BCUT2D eigenvalue weighted by Crippen LogP contribution is 2.18. The number of para-hydroxylation sites is 1. The van der Waals surface area contributed by atoms with Gasteiger partial charge in [0.25, 0.3) is 10.0 Å². The average Bonchev–Trinajstić information content (AvgIpc) is 2.64. The minimum atomic E-state index is -3.82. The number of amides is 1. The van der Waals surface area contributed by atoms with Crippen molar-refractivity contribution in [3.63, 3.8) is 0 Å². The molecular formula is C18H17N5O3S. The van der Waals surface area contributed by atoms with Crippen molar-refractivity contribution in [2.75, 3.05) is 15.4 Å². The Balaban J connectivity index is 1.69. The Bertz CT molecular complexity index is 1020. The molecule has 1 aromatic heterocycles. The minimum absolute atomic E-state index is 0.0462. The number of nitrogens with one attached hydrogen (secondary N) is 3. The number of rotatable bonds is 6. The number of aromatic nitrogens is 2. The summed E-state index contributed by atoms with van der Waals surface area (Å²) in [6.07, 6.45) is 0. The summed E-state index contributed by atoms with van der Waals surface area (Å²) in [5.41, 5.74) is 1.36. The Morgan fingerprint density at radius 2 is 1.44 bits per heavy atom. The van der Waals surface area contributed by atoms with Crippen LogP contribution in [0.2, 0.25) is 0 Å². The second kappa shape index (κ2) is 7.83. The Hall–Kier alpha value is -3.46. The third kappa shape index (κ3) is 5.02. The molecule has 2 aromatic carbocycles. The van der Waals surface area contributed by atoms with Gasteiger partial charge in [0.05, 0.1) is 4.90 Å². The van der Waals surface area contributed by atoms with Crippen molar-refractivity contribution in [1.29, 1.82) is 0 Å². The predicted molar refractivity (Wildman–Crippen MR) is 103 cm³/mol. The highest BCUT2D eigenvalue weighted by molar-refractivity contribution is 7.92. The van der Waals surface area contributed by atoms with E-state index in [9.17, 15) is 13.2 Å². The summed E-state index contributed by atoms with van der Waals surface area (Å²) in [6.45, 7) is 1.38. The highest BCUT2D eigenvalue weighted by atomic mass is 32.2. The summed E-state index contributed by atoms with van der Waals surface area (Å²) < 4.78 is 27.2. The molecule has 0 spiro atoms. The maximum Gasteiger partial charge on any atom is 0.263 e. The van der Waals surface area contributed by atoms with E-state index in [2.05, 4.69) is 25.6 Å². The van der Waals surface area contributed by atoms with Crippen molar-refractivity contribution in [2.45, 2.75) is 11.8 Å². The monoisotopic (exact) mass is 383 g/mol. The Morgan fingerprint density at radius 3 is 2.04 bits per heavy atom. The summed E-state index contributed by atoms with van der Waals surface area (Å²) in [4.78, 5) is 11.1. The number of carbonyl (C=O) groups is 1. The Morgan fingerprint density at radius 1 is 0.815 bits per heavy atom. The van der Waals surface area contributed by atoms with E-state index < -0.39 is 10.0 Å². The van der Waals surface area contributed by atoms with Crippen molar-refractivity contribution in [2.24, 2.45) is 0 Å². The number of anilines is 4. The molecule has 3 N–H and O–H groups in total. The fourth-order valence-electron chi connectivity index (χ4n) is 2.24. The van der Waals surface area contributed by atoms with Gasteiger partial charge in [0.15, 0.2) is 11.6 Å². The summed E-state index contributed by atoms with van der Waals surface area (Å²) in [7, 11) is -3.82. The van der Waals surface area contributed by atoms with Crippen LogP contribution in [-0.2, 0) is 14.8 Å². The van der Waals surface area contributed by atoms with Crippen molar-refractivity contribution < 1.29 is 13.2 Å². The fraction of sp³-hybridized carbons (Fsp3) is 0.0556. The molecule has 0 aliphatic rings. The molecular weight excluding hydrogens is 366 g/mol. The topological polar surface area (TPSA) is 113 Å². The van der Waals surface area contributed by atoms with Crippen LogP contribution in [0.25, 0.3) is 0 Å². The number of hydrogen-bond donors (Lipinski definition) is 3. The molecule has 3 aromatic rings. The standard InChI is InChI=1S/C18H17N5O3S/c1-13(24)19-15-7-9-16(10-8-15)27(25,26)23-18-12-11-17(21-22-18)20-14-5-3-2-4-6-14/h2-12H,1H3,(H,19,24)(H,20,21)(H,22,23). The minimum Gasteiger partial charge on any atom is -0.339 e.